The van der Waals surface area contributed by atoms with Crippen LogP contribution in [0.4, 0.5) is 4.39 Å². The van der Waals surface area contributed by atoms with Gasteiger partial charge in [-0.2, -0.15) is 0 Å². The topological polar surface area (TPSA) is 35.2 Å². The summed E-state index contributed by atoms with van der Waals surface area (Å²) < 4.78 is 20.8. The third kappa shape index (κ3) is 4.80. The summed E-state index contributed by atoms with van der Waals surface area (Å²) in [7, 11) is 0. The van der Waals surface area contributed by atoms with Gasteiger partial charge in [-0.15, -0.1) is 0 Å². The molecular formula is C16H16Br2FNO. The number of halogens is 3. The highest BCUT2D eigenvalue weighted by Gasteiger charge is 2.10. The molecule has 0 saturated carbocycles. The molecule has 2 nitrogen and oxygen atoms in total. The van der Waals surface area contributed by atoms with Crippen LogP contribution in [0.2, 0.25) is 0 Å². The summed E-state index contributed by atoms with van der Waals surface area (Å²) in [5.41, 5.74) is 7.03. The van der Waals surface area contributed by atoms with Crippen LogP contribution in [0.3, 0.4) is 0 Å². The van der Waals surface area contributed by atoms with E-state index in [1.165, 1.54) is 12.1 Å². The van der Waals surface area contributed by atoms with Crippen molar-refractivity contribution in [1.29, 1.82) is 0 Å². The minimum atomic E-state index is -0.346. The molecule has 0 aliphatic rings. The Hall–Kier alpha value is -0.910. The third-order valence-electron chi connectivity index (χ3n) is 3.10. The first-order valence-electron chi connectivity index (χ1n) is 6.66. The minimum Gasteiger partial charge on any atom is -0.457 e. The quantitative estimate of drug-likeness (QED) is 0.705. The first kappa shape index (κ1) is 16.5. The molecule has 2 N–H and O–H groups in total. The highest BCUT2D eigenvalue weighted by Crippen LogP contribution is 2.31. The van der Waals surface area contributed by atoms with Crippen LogP contribution in [-0.4, -0.2) is 6.04 Å². The summed E-state index contributed by atoms with van der Waals surface area (Å²) in [6.07, 6.45) is 1.61. The van der Waals surface area contributed by atoms with E-state index in [2.05, 4.69) is 31.9 Å². The van der Waals surface area contributed by atoms with Crippen LogP contribution in [0.5, 0.6) is 11.5 Å². The van der Waals surface area contributed by atoms with Crippen molar-refractivity contribution in [2.24, 2.45) is 5.73 Å². The molecule has 0 aromatic heterocycles. The van der Waals surface area contributed by atoms with Crippen molar-refractivity contribution in [3.63, 3.8) is 0 Å². The Balaban J connectivity index is 2.31. The van der Waals surface area contributed by atoms with Gasteiger partial charge in [0.15, 0.2) is 0 Å². The van der Waals surface area contributed by atoms with Crippen LogP contribution >= 0.6 is 31.9 Å². The lowest BCUT2D eigenvalue weighted by Crippen LogP contribution is -2.21. The zero-order valence-corrected chi connectivity index (χ0v) is 14.7. The van der Waals surface area contributed by atoms with Crippen LogP contribution in [0.25, 0.3) is 0 Å². The fraction of sp³-hybridized carbons (Fsp3) is 0.250. The van der Waals surface area contributed by atoms with E-state index in [4.69, 9.17) is 10.5 Å². The Morgan fingerprint density at radius 2 is 1.90 bits per heavy atom. The van der Waals surface area contributed by atoms with E-state index in [1.54, 1.807) is 6.07 Å². The first-order valence-corrected chi connectivity index (χ1v) is 8.24. The molecule has 2 aromatic carbocycles. The van der Waals surface area contributed by atoms with Crippen LogP contribution in [0.15, 0.2) is 45.3 Å². The summed E-state index contributed by atoms with van der Waals surface area (Å²) in [5.74, 6) is 0.790. The van der Waals surface area contributed by atoms with Crippen molar-refractivity contribution in [2.45, 2.75) is 25.8 Å². The number of nitrogens with two attached hydrogens (primary N) is 1. The predicted molar refractivity (Wildman–Crippen MR) is 90.3 cm³/mol. The van der Waals surface area contributed by atoms with Gasteiger partial charge in [-0.3, -0.25) is 0 Å². The molecular weight excluding hydrogens is 401 g/mol. The average molecular weight is 417 g/mol. The van der Waals surface area contributed by atoms with Crippen LogP contribution in [0.1, 0.15) is 18.9 Å². The fourth-order valence-corrected chi connectivity index (χ4v) is 2.72. The van der Waals surface area contributed by atoms with Crippen LogP contribution in [0, 0.1) is 5.82 Å². The molecule has 0 spiro atoms. The molecule has 0 aliphatic heterocycles. The van der Waals surface area contributed by atoms with Gasteiger partial charge in [-0.25, -0.2) is 4.39 Å². The molecule has 0 saturated heterocycles. The van der Waals surface area contributed by atoms with Gasteiger partial charge in [0.2, 0.25) is 0 Å². The van der Waals surface area contributed by atoms with Gasteiger partial charge in [-0.1, -0.05) is 44.8 Å². The Kier molecular flexibility index (Phi) is 5.79. The van der Waals surface area contributed by atoms with Gasteiger partial charge in [-0.05, 0) is 42.7 Å². The smallest absolute Gasteiger partial charge is 0.131 e. The highest BCUT2D eigenvalue weighted by molar-refractivity contribution is 9.10. The minimum absolute atomic E-state index is 0.0766. The summed E-state index contributed by atoms with van der Waals surface area (Å²) >= 11 is 6.69. The molecule has 0 amide bonds. The largest absolute Gasteiger partial charge is 0.457 e. The summed E-state index contributed by atoms with van der Waals surface area (Å²) in [6, 6.07) is 10.4. The number of hydrogen-bond donors (Lipinski definition) is 1. The molecule has 0 bridgehead atoms. The summed E-state index contributed by atoms with van der Waals surface area (Å²) in [4.78, 5) is 0. The molecule has 0 fully saturated rings. The molecule has 21 heavy (non-hydrogen) atoms. The maximum Gasteiger partial charge on any atom is 0.131 e. The summed E-state index contributed by atoms with van der Waals surface area (Å²) in [5, 5.41) is 0. The SMILES string of the molecule is CCC(N)Cc1ccc(Br)cc1Oc1cc(F)cc(Br)c1. The van der Waals surface area contributed by atoms with E-state index in [9.17, 15) is 4.39 Å². The highest BCUT2D eigenvalue weighted by atomic mass is 79.9. The maximum absolute atomic E-state index is 13.4. The van der Waals surface area contributed by atoms with E-state index >= 15 is 0 Å². The molecule has 0 heterocycles. The summed E-state index contributed by atoms with van der Waals surface area (Å²) in [6.45, 7) is 2.05. The van der Waals surface area contributed by atoms with Crippen LogP contribution in [-0.2, 0) is 6.42 Å². The number of benzene rings is 2. The predicted octanol–water partition coefficient (Wildman–Crippen LogP) is 5.42. The first-order chi connectivity index (χ1) is 9.97. The van der Waals surface area contributed by atoms with Gasteiger partial charge in [0.1, 0.15) is 17.3 Å². The van der Waals surface area contributed by atoms with Gasteiger partial charge in [0.05, 0.1) is 0 Å². The Labute approximate surface area is 140 Å². The maximum atomic E-state index is 13.4. The Morgan fingerprint density at radius 1 is 1.14 bits per heavy atom. The number of ether oxygens (including phenoxy) is 1. The van der Waals surface area contributed by atoms with Crippen molar-refractivity contribution >= 4 is 31.9 Å². The standard InChI is InChI=1S/C16H16Br2FNO/c1-2-14(20)5-10-3-4-11(17)8-16(10)21-15-7-12(18)6-13(19)9-15/h3-4,6-9,14H,2,5,20H2,1H3. The fourth-order valence-electron chi connectivity index (χ4n) is 1.93. The van der Waals surface area contributed by atoms with Crippen molar-refractivity contribution in [3.05, 3.63) is 56.7 Å². The van der Waals surface area contributed by atoms with E-state index in [0.29, 0.717) is 16.0 Å². The van der Waals surface area contributed by atoms with Gasteiger partial charge < -0.3 is 10.5 Å². The van der Waals surface area contributed by atoms with Gasteiger partial charge >= 0.3 is 0 Å². The molecule has 112 valence electrons. The molecule has 2 aromatic rings. The molecule has 1 unspecified atom stereocenters. The Bertz CT molecular complexity index is 613. The molecule has 5 heteroatoms. The van der Waals surface area contributed by atoms with Crippen LogP contribution < -0.4 is 10.5 Å². The van der Waals surface area contributed by atoms with Gasteiger partial charge in [0, 0.05) is 21.1 Å². The molecule has 2 rings (SSSR count). The van der Waals surface area contributed by atoms with Crippen molar-refractivity contribution in [3.8, 4) is 11.5 Å². The number of rotatable bonds is 5. The van der Waals surface area contributed by atoms with E-state index in [-0.39, 0.29) is 11.9 Å². The number of hydrogen-bond acceptors (Lipinski definition) is 2. The second-order valence-corrected chi connectivity index (χ2v) is 6.66. The second-order valence-electron chi connectivity index (χ2n) is 4.83. The molecule has 0 radical (unpaired) electrons. The second kappa shape index (κ2) is 7.38. The van der Waals surface area contributed by atoms with E-state index < -0.39 is 0 Å². The third-order valence-corrected chi connectivity index (χ3v) is 4.05. The lowest BCUT2D eigenvalue weighted by molar-refractivity contribution is 0.466. The van der Waals surface area contributed by atoms with Crippen molar-refractivity contribution in [1.82, 2.24) is 0 Å². The molecule has 0 aliphatic carbocycles. The zero-order valence-electron chi connectivity index (χ0n) is 11.6. The normalized spacial score (nSPS) is 12.2. The average Bonchev–Trinajstić information content (AvgIpc) is 2.40. The monoisotopic (exact) mass is 415 g/mol. The lowest BCUT2D eigenvalue weighted by atomic mass is 10.0. The van der Waals surface area contributed by atoms with Gasteiger partial charge in [0.25, 0.3) is 0 Å². The zero-order chi connectivity index (χ0) is 15.4. The Morgan fingerprint density at radius 3 is 2.57 bits per heavy atom. The lowest BCUT2D eigenvalue weighted by Gasteiger charge is -2.15. The molecule has 1 atom stereocenters. The van der Waals surface area contributed by atoms with E-state index in [0.717, 1.165) is 22.9 Å². The van der Waals surface area contributed by atoms with Crippen molar-refractivity contribution in [2.75, 3.05) is 0 Å². The van der Waals surface area contributed by atoms with E-state index in [1.807, 2.05) is 25.1 Å². The van der Waals surface area contributed by atoms with Crippen molar-refractivity contribution < 1.29 is 9.13 Å².